The zero-order valence-electron chi connectivity index (χ0n) is 7.76. The molecule has 0 spiro atoms. The molecule has 2 aromatic rings. The van der Waals surface area contributed by atoms with Crippen LogP contribution in [-0.2, 0) is 6.54 Å². The van der Waals surface area contributed by atoms with E-state index in [0.29, 0.717) is 6.54 Å². The van der Waals surface area contributed by atoms with Crippen molar-refractivity contribution in [1.29, 1.82) is 0 Å². The maximum absolute atomic E-state index is 10.5. The van der Waals surface area contributed by atoms with Gasteiger partial charge in [0.15, 0.2) is 5.02 Å². The van der Waals surface area contributed by atoms with Crippen LogP contribution in [0, 0.1) is 10.1 Å². The lowest BCUT2D eigenvalue weighted by Gasteiger charge is -1.91. The van der Waals surface area contributed by atoms with Crippen molar-refractivity contribution >= 4 is 44.7 Å². The van der Waals surface area contributed by atoms with E-state index in [4.69, 9.17) is 11.6 Å². The summed E-state index contributed by atoms with van der Waals surface area (Å²) in [6.45, 7) is 0.476. The predicted octanol–water partition coefficient (Wildman–Crippen LogP) is 3.32. The molecule has 2 heterocycles. The van der Waals surface area contributed by atoms with Crippen molar-refractivity contribution in [2.24, 2.45) is 0 Å². The molecule has 5 nitrogen and oxygen atoms in total. The van der Waals surface area contributed by atoms with E-state index < -0.39 is 4.92 Å². The minimum atomic E-state index is -0.594. The molecule has 0 aliphatic heterocycles. The summed E-state index contributed by atoms with van der Waals surface area (Å²) in [5.41, 5.74) is 0. The van der Waals surface area contributed by atoms with Crippen LogP contribution in [-0.4, -0.2) is 14.7 Å². The summed E-state index contributed by atoms with van der Waals surface area (Å²) >= 11 is 10.6. The summed E-state index contributed by atoms with van der Waals surface area (Å²) in [7, 11) is 0. The summed E-state index contributed by atoms with van der Waals surface area (Å²) in [4.78, 5) is 11.0. The van der Waals surface area contributed by atoms with Crippen molar-refractivity contribution in [2.45, 2.75) is 6.54 Å². The molecule has 0 N–H and O–H groups in total. The van der Waals surface area contributed by atoms with Gasteiger partial charge < -0.3 is 10.1 Å². The molecule has 0 aliphatic rings. The van der Waals surface area contributed by atoms with Gasteiger partial charge in [0.05, 0.1) is 17.8 Å². The number of halogens is 2. The van der Waals surface area contributed by atoms with Gasteiger partial charge in [-0.25, -0.2) is 0 Å². The molecule has 2 rings (SSSR count). The van der Waals surface area contributed by atoms with Crippen LogP contribution < -0.4 is 0 Å². The SMILES string of the molecule is O=[N+]([O-])c1nn(Cc2cc(Br)cs2)cc1Cl. The molecule has 0 aliphatic carbocycles. The Hall–Kier alpha value is -0.920. The molecular weight excluding hydrogens is 318 g/mol. The van der Waals surface area contributed by atoms with E-state index in [1.807, 2.05) is 11.4 Å². The maximum atomic E-state index is 10.5. The number of hydrogen-bond donors (Lipinski definition) is 0. The molecule has 0 saturated carbocycles. The number of aromatic nitrogens is 2. The standard InChI is InChI=1S/C8H5BrClN3O2S/c9-5-1-6(16-4-5)2-12-3-7(10)8(11-12)13(14)15/h1,3-4H,2H2. The van der Waals surface area contributed by atoms with Crippen LogP contribution in [0.15, 0.2) is 22.1 Å². The largest absolute Gasteiger partial charge is 0.408 e. The lowest BCUT2D eigenvalue weighted by atomic mass is 10.5. The summed E-state index contributed by atoms with van der Waals surface area (Å²) in [6, 6.07) is 1.94. The highest BCUT2D eigenvalue weighted by Gasteiger charge is 2.19. The summed E-state index contributed by atoms with van der Waals surface area (Å²) in [5, 5.41) is 16.3. The normalized spacial score (nSPS) is 10.6. The van der Waals surface area contributed by atoms with E-state index in [1.54, 1.807) is 11.3 Å². The fourth-order valence-electron chi connectivity index (χ4n) is 1.19. The third-order valence-electron chi connectivity index (χ3n) is 1.81. The smallest absolute Gasteiger partial charge is 0.358 e. The first kappa shape index (κ1) is 11.6. The van der Waals surface area contributed by atoms with E-state index in [9.17, 15) is 10.1 Å². The van der Waals surface area contributed by atoms with Crippen LogP contribution in [0.2, 0.25) is 5.02 Å². The van der Waals surface area contributed by atoms with E-state index in [2.05, 4.69) is 21.0 Å². The van der Waals surface area contributed by atoms with E-state index >= 15 is 0 Å². The molecule has 0 unspecified atom stereocenters. The zero-order chi connectivity index (χ0) is 11.7. The first-order valence-electron chi connectivity index (χ1n) is 4.16. The van der Waals surface area contributed by atoms with Crippen molar-refractivity contribution in [3.05, 3.63) is 42.1 Å². The van der Waals surface area contributed by atoms with Gasteiger partial charge in [0, 0.05) is 14.7 Å². The predicted molar refractivity (Wildman–Crippen MR) is 65.0 cm³/mol. The lowest BCUT2D eigenvalue weighted by Crippen LogP contribution is -1.99. The van der Waals surface area contributed by atoms with E-state index in [1.165, 1.54) is 10.9 Å². The van der Waals surface area contributed by atoms with Crippen molar-refractivity contribution in [1.82, 2.24) is 9.78 Å². The molecule has 0 atom stereocenters. The topological polar surface area (TPSA) is 61.0 Å². The molecule has 0 aromatic carbocycles. The van der Waals surface area contributed by atoms with Gasteiger partial charge in [-0.2, -0.15) is 4.68 Å². The van der Waals surface area contributed by atoms with Crippen LogP contribution in [0.5, 0.6) is 0 Å². The first-order chi connectivity index (χ1) is 7.56. The Kier molecular flexibility index (Phi) is 3.27. The van der Waals surface area contributed by atoms with Crippen molar-refractivity contribution in [3.63, 3.8) is 0 Å². The third kappa shape index (κ3) is 2.42. The lowest BCUT2D eigenvalue weighted by molar-refractivity contribution is -0.389. The molecule has 0 radical (unpaired) electrons. The number of rotatable bonds is 3. The summed E-state index contributed by atoms with van der Waals surface area (Å²) in [6.07, 6.45) is 1.45. The Morgan fingerprint density at radius 3 is 2.94 bits per heavy atom. The number of nitro groups is 1. The van der Waals surface area contributed by atoms with Gasteiger partial charge in [-0.05, 0) is 26.9 Å². The highest BCUT2D eigenvalue weighted by atomic mass is 79.9. The Bertz CT molecular complexity index is 539. The highest BCUT2D eigenvalue weighted by molar-refractivity contribution is 9.10. The average molecular weight is 323 g/mol. The minimum absolute atomic E-state index is 0.0561. The maximum Gasteiger partial charge on any atom is 0.408 e. The van der Waals surface area contributed by atoms with E-state index in [-0.39, 0.29) is 10.8 Å². The van der Waals surface area contributed by atoms with Gasteiger partial charge in [0.25, 0.3) is 0 Å². The quantitative estimate of drug-likeness (QED) is 0.643. The molecule has 0 amide bonds. The Morgan fingerprint density at radius 1 is 1.69 bits per heavy atom. The van der Waals surface area contributed by atoms with Gasteiger partial charge in [0.1, 0.15) is 0 Å². The van der Waals surface area contributed by atoms with Crippen LogP contribution in [0.1, 0.15) is 4.88 Å². The number of nitrogens with zero attached hydrogens (tertiary/aromatic N) is 3. The third-order valence-corrected chi connectivity index (χ3v) is 3.76. The molecular formula is C8H5BrClN3O2S. The highest BCUT2D eigenvalue weighted by Crippen LogP contribution is 2.24. The second kappa shape index (κ2) is 4.52. The van der Waals surface area contributed by atoms with Crippen LogP contribution in [0.4, 0.5) is 5.82 Å². The molecule has 8 heteroatoms. The molecule has 0 saturated heterocycles. The molecule has 16 heavy (non-hydrogen) atoms. The van der Waals surface area contributed by atoms with Crippen molar-refractivity contribution in [2.75, 3.05) is 0 Å². The summed E-state index contributed by atoms with van der Waals surface area (Å²) < 4.78 is 2.44. The molecule has 0 fully saturated rings. The van der Waals surface area contributed by atoms with Gasteiger partial charge in [0.2, 0.25) is 0 Å². The van der Waals surface area contributed by atoms with Crippen LogP contribution in [0.25, 0.3) is 0 Å². The average Bonchev–Trinajstić information content (AvgIpc) is 2.73. The van der Waals surface area contributed by atoms with E-state index in [0.717, 1.165) is 9.35 Å². The minimum Gasteiger partial charge on any atom is -0.358 e. The molecule has 2 aromatic heterocycles. The second-order valence-electron chi connectivity index (χ2n) is 2.99. The van der Waals surface area contributed by atoms with Gasteiger partial charge in [-0.1, -0.05) is 11.6 Å². The van der Waals surface area contributed by atoms with Gasteiger partial charge in [-0.3, -0.25) is 0 Å². The number of hydrogen-bond acceptors (Lipinski definition) is 4. The molecule has 0 bridgehead atoms. The van der Waals surface area contributed by atoms with Crippen molar-refractivity contribution in [3.8, 4) is 0 Å². The number of thiophene rings is 1. The Labute approximate surface area is 108 Å². The summed E-state index contributed by atoms with van der Waals surface area (Å²) in [5.74, 6) is -0.308. The fraction of sp³-hybridized carbons (Fsp3) is 0.125. The Balaban J connectivity index is 2.22. The van der Waals surface area contributed by atoms with Crippen LogP contribution in [0.3, 0.4) is 0 Å². The fourth-order valence-corrected chi connectivity index (χ4v) is 2.85. The van der Waals surface area contributed by atoms with Crippen molar-refractivity contribution < 1.29 is 4.92 Å². The van der Waals surface area contributed by atoms with Gasteiger partial charge in [-0.15, -0.1) is 11.3 Å². The second-order valence-corrected chi connectivity index (χ2v) is 5.31. The first-order valence-corrected chi connectivity index (χ1v) is 6.21. The van der Waals surface area contributed by atoms with Crippen LogP contribution >= 0.6 is 38.9 Å². The molecule has 84 valence electrons. The Morgan fingerprint density at radius 2 is 2.44 bits per heavy atom. The van der Waals surface area contributed by atoms with Gasteiger partial charge >= 0.3 is 5.82 Å². The zero-order valence-corrected chi connectivity index (χ0v) is 10.9. The monoisotopic (exact) mass is 321 g/mol.